The largest absolute Gasteiger partial charge is 0.507 e. The van der Waals surface area contributed by atoms with E-state index in [2.05, 4.69) is 15.9 Å². The van der Waals surface area contributed by atoms with Crippen LogP contribution in [0.2, 0.25) is 0 Å². The summed E-state index contributed by atoms with van der Waals surface area (Å²) >= 11 is 3.33. The van der Waals surface area contributed by atoms with Crippen LogP contribution in [-0.2, 0) is 0 Å². The molecule has 2 nitrogen and oxygen atoms in total. The second-order valence-electron chi connectivity index (χ2n) is 2.75. The molecule has 1 rings (SSSR count). The average molecular weight is 243 g/mol. The summed E-state index contributed by atoms with van der Waals surface area (Å²) in [5, 5.41) is 18.2. The van der Waals surface area contributed by atoms with Crippen molar-refractivity contribution in [3.63, 3.8) is 0 Å². The lowest BCUT2D eigenvalue weighted by Gasteiger charge is -2.03. The van der Waals surface area contributed by atoms with Gasteiger partial charge in [0, 0.05) is 10.0 Å². The van der Waals surface area contributed by atoms with E-state index in [1.54, 1.807) is 18.2 Å². The van der Waals surface area contributed by atoms with E-state index in [0.29, 0.717) is 5.56 Å². The van der Waals surface area contributed by atoms with Gasteiger partial charge in [-0.15, -0.1) is 0 Å². The van der Waals surface area contributed by atoms with Crippen LogP contribution >= 0.6 is 15.9 Å². The number of benzene rings is 1. The van der Waals surface area contributed by atoms with Gasteiger partial charge in [-0.05, 0) is 24.6 Å². The Balaban J connectivity index is 3.12. The summed E-state index contributed by atoms with van der Waals surface area (Å²) in [6, 6.07) is 3.64. The third-order valence-electron chi connectivity index (χ3n) is 1.70. The SMILES string of the molecule is Cc1cc(Br)cc(/C=C/CO)c1O. The fourth-order valence-electron chi connectivity index (χ4n) is 1.07. The van der Waals surface area contributed by atoms with Gasteiger partial charge >= 0.3 is 0 Å². The number of hydrogen-bond acceptors (Lipinski definition) is 2. The fourth-order valence-corrected chi connectivity index (χ4v) is 1.66. The summed E-state index contributed by atoms with van der Waals surface area (Å²) in [5.41, 5.74) is 1.52. The van der Waals surface area contributed by atoms with Crippen molar-refractivity contribution < 1.29 is 10.2 Å². The molecule has 13 heavy (non-hydrogen) atoms. The first-order chi connectivity index (χ1) is 6.15. The topological polar surface area (TPSA) is 40.5 Å². The number of aryl methyl sites for hydroxylation is 1. The molecule has 0 fully saturated rings. The van der Waals surface area contributed by atoms with E-state index in [-0.39, 0.29) is 12.4 Å². The minimum Gasteiger partial charge on any atom is -0.507 e. The van der Waals surface area contributed by atoms with E-state index < -0.39 is 0 Å². The zero-order chi connectivity index (χ0) is 9.84. The molecule has 0 bridgehead atoms. The Morgan fingerprint density at radius 2 is 2.15 bits per heavy atom. The molecular weight excluding hydrogens is 232 g/mol. The highest BCUT2D eigenvalue weighted by atomic mass is 79.9. The molecule has 1 aromatic rings. The summed E-state index contributed by atoms with van der Waals surface area (Å²) < 4.78 is 0.917. The van der Waals surface area contributed by atoms with E-state index in [9.17, 15) is 5.11 Å². The van der Waals surface area contributed by atoms with Crippen molar-refractivity contribution in [2.75, 3.05) is 6.61 Å². The number of aliphatic hydroxyl groups is 1. The van der Waals surface area contributed by atoms with Crippen molar-refractivity contribution in [2.45, 2.75) is 6.92 Å². The lowest BCUT2D eigenvalue weighted by Crippen LogP contribution is -1.81. The minimum atomic E-state index is -0.0228. The highest BCUT2D eigenvalue weighted by Crippen LogP contribution is 2.27. The highest BCUT2D eigenvalue weighted by Gasteiger charge is 2.02. The van der Waals surface area contributed by atoms with Crippen molar-refractivity contribution in [1.29, 1.82) is 0 Å². The molecular formula is C10H11BrO2. The number of aliphatic hydroxyl groups excluding tert-OH is 1. The first-order valence-electron chi connectivity index (χ1n) is 3.91. The fraction of sp³-hybridized carbons (Fsp3) is 0.200. The summed E-state index contributed by atoms with van der Waals surface area (Å²) in [7, 11) is 0. The third-order valence-corrected chi connectivity index (χ3v) is 2.16. The molecule has 0 aliphatic rings. The summed E-state index contributed by atoms with van der Waals surface area (Å²) in [5.74, 6) is 0.257. The summed E-state index contributed by atoms with van der Waals surface area (Å²) in [4.78, 5) is 0. The summed E-state index contributed by atoms with van der Waals surface area (Å²) in [6.45, 7) is 1.81. The maximum absolute atomic E-state index is 9.59. The molecule has 2 N–H and O–H groups in total. The standard InChI is InChI=1S/C10H11BrO2/c1-7-5-9(11)6-8(10(7)13)3-2-4-12/h2-3,5-6,12-13H,4H2,1H3/b3-2+. The molecule has 0 aromatic heterocycles. The van der Waals surface area contributed by atoms with Crippen LogP contribution in [0.5, 0.6) is 5.75 Å². The molecule has 0 amide bonds. The van der Waals surface area contributed by atoms with Crippen LogP contribution in [0, 0.1) is 6.92 Å². The molecule has 0 saturated carbocycles. The Hall–Kier alpha value is -0.800. The number of phenols is 1. The average Bonchev–Trinajstić information content (AvgIpc) is 2.09. The molecule has 0 heterocycles. The molecule has 0 saturated heterocycles. The second kappa shape index (κ2) is 4.44. The van der Waals surface area contributed by atoms with Gasteiger partial charge < -0.3 is 10.2 Å². The van der Waals surface area contributed by atoms with Gasteiger partial charge in [-0.2, -0.15) is 0 Å². The van der Waals surface area contributed by atoms with E-state index in [0.717, 1.165) is 10.0 Å². The molecule has 0 unspecified atom stereocenters. The Bertz CT molecular complexity index is 332. The molecule has 0 spiro atoms. The number of hydrogen-bond donors (Lipinski definition) is 2. The van der Waals surface area contributed by atoms with Crippen molar-refractivity contribution in [3.05, 3.63) is 33.8 Å². The predicted octanol–water partition coefficient (Wildman–Crippen LogP) is 2.47. The smallest absolute Gasteiger partial charge is 0.125 e. The van der Waals surface area contributed by atoms with Gasteiger partial charge in [0.1, 0.15) is 5.75 Å². The maximum atomic E-state index is 9.59. The molecule has 0 aliphatic carbocycles. The van der Waals surface area contributed by atoms with E-state index in [4.69, 9.17) is 5.11 Å². The van der Waals surface area contributed by atoms with Crippen LogP contribution in [0.1, 0.15) is 11.1 Å². The van der Waals surface area contributed by atoms with Crippen LogP contribution in [0.15, 0.2) is 22.7 Å². The number of phenolic OH excluding ortho intramolecular Hbond substituents is 1. The van der Waals surface area contributed by atoms with Gasteiger partial charge in [0.2, 0.25) is 0 Å². The summed E-state index contributed by atoms with van der Waals surface area (Å²) in [6.07, 6.45) is 3.27. The molecule has 0 radical (unpaired) electrons. The van der Waals surface area contributed by atoms with E-state index in [1.807, 2.05) is 13.0 Å². The van der Waals surface area contributed by atoms with E-state index >= 15 is 0 Å². The normalized spacial score (nSPS) is 11.0. The number of rotatable bonds is 2. The number of halogens is 1. The van der Waals surface area contributed by atoms with Gasteiger partial charge in [0.05, 0.1) is 6.61 Å². The first-order valence-corrected chi connectivity index (χ1v) is 4.71. The minimum absolute atomic E-state index is 0.0228. The first kappa shape index (κ1) is 10.3. The number of aromatic hydroxyl groups is 1. The van der Waals surface area contributed by atoms with Crippen LogP contribution in [0.4, 0.5) is 0 Å². The Morgan fingerprint density at radius 3 is 2.77 bits per heavy atom. The lowest BCUT2D eigenvalue weighted by molar-refractivity contribution is 0.343. The zero-order valence-electron chi connectivity index (χ0n) is 7.29. The van der Waals surface area contributed by atoms with Crippen molar-refractivity contribution in [2.24, 2.45) is 0 Å². The predicted molar refractivity (Wildman–Crippen MR) is 56.7 cm³/mol. The van der Waals surface area contributed by atoms with Crippen LogP contribution in [-0.4, -0.2) is 16.8 Å². The third kappa shape index (κ3) is 2.57. The van der Waals surface area contributed by atoms with Crippen molar-refractivity contribution in [1.82, 2.24) is 0 Å². The molecule has 3 heteroatoms. The van der Waals surface area contributed by atoms with Crippen molar-refractivity contribution >= 4 is 22.0 Å². The monoisotopic (exact) mass is 242 g/mol. The Kier molecular flexibility index (Phi) is 3.51. The van der Waals surface area contributed by atoms with Gasteiger partial charge in [-0.25, -0.2) is 0 Å². The van der Waals surface area contributed by atoms with Crippen LogP contribution < -0.4 is 0 Å². The second-order valence-corrected chi connectivity index (χ2v) is 3.66. The lowest BCUT2D eigenvalue weighted by atomic mass is 10.1. The van der Waals surface area contributed by atoms with E-state index in [1.165, 1.54) is 0 Å². The molecule has 0 aliphatic heterocycles. The highest BCUT2D eigenvalue weighted by molar-refractivity contribution is 9.10. The maximum Gasteiger partial charge on any atom is 0.125 e. The quantitative estimate of drug-likeness (QED) is 0.837. The van der Waals surface area contributed by atoms with Gasteiger partial charge in [-0.3, -0.25) is 0 Å². The Labute approximate surface area is 85.7 Å². The molecule has 1 aromatic carbocycles. The van der Waals surface area contributed by atoms with Gasteiger partial charge in [-0.1, -0.05) is 28.1 Å². The van der Waals surface area contributed by atoms with Crippen molar-refractivity contribution in [3.8, 4) is 5.75 Å². The van der Waals surface area contributed by atoms with Gasteiger partial charge in [0.25, 0.3) is 0 Å². The Morgan fingerprint density at radius 1 is 1.46 bits per heavy atom. The van der Waals surface area contributed by atoms with Crippen LogP contribution in [0.25, 0.3) is 6.08 Å². The molecule has 70 valence electrons. The molecule has 0 atom stereocenters. The van der Waals surface area contributed by atoms with Crippen LogP contribution in [0.3, 0.4) is 0 Å². The van der Waals surface area contributed by atoms with Gasteiger partial charge in [0.15, 0.2) is 0 Å². The zero-order valence-corrected chi connectivity index (χ0v) is 8.87.